The molecular weight excluding hydrogens is 218 g/mol. The second-order valence-corrected chi connectivity index (χ2v) is 6.61. The third-order valence-electron chi connectivity index (χ3n) is 3.91. The lowest BCUT2D eigenvalue weighted by atomic mass is 9.93. The van der Waals surface area contributed by atoms with Crippen LogP contribution < -0.4 is 5.32 Å². The van der Waals surface area contributed by atoms with Crippen LogP contribution in [-0.2, 0) is 11.8 Å². The maximum absolute atomic E-state index is 3.59. The van der Waals surface area contributed by atoms with Crippen LogP contribution in [0.25, 0.3) is 0 Å². The largest absolute Gasteiger partial charge is 0.314 e. The maximum atomic E-state index is 3.59. The van der Waals surface area contributed by atoms with Crippen molar-refractivity contribution in [1.82, 2.24) is 5.32 Å². The highest BCUT2D eigenvalue weighted by molar-refractivity contribution is 5.34. The lowest BCUT2D eigenvalue weighted by molar-refractivity contribution is 0.520. The van der Waals surface area contributed by atoms with Crippen molar-refractivity contribution in [3.05, 3.63) is 35.4 Å². The van der Waals surface area contributed by atoms with Crippen LogP contribution in [0.2, 0.25) is 0 Å². The molecule has 2 rings (SSSR count). The summed E-state index contributed by atoms with van der Waals surface area (Å²) in [6.07, 6.45) is 3.88. The molecule has 0 aliphatic heterocycles. The summed E-state index contributed by atoms with van der Waals surface area (Å²) in [6.45, 7) is 10.1. The van der Waals surface area contributed by atoms with Gasteiger partial charge >= 0.3 is 0 Å². The van der Waals surface area contributed by atoms with E-state index >= 15 is 0 Å². The molecule has 1 aliphatic carbocycles. The van der Waals surface area contributed by atoms with E-state index in [-0.39, 0.29) is 0 Å². The van der Waals surface area contributed by atoms with Crippen molar-refractivity contribution in [2.24, 2.45) is 5.92 Å². The van der Waals surface area contributed by atoms with Crippen LogP contribution in [0.15, 0.2) is 24.3 Å². The third kappa shape index (κ3) is 3.35. The van der Waals surface area contributed by atoms with Gasteiger partial charge in [-0.2, -0.15) is 0 Å². The average molecular weight is 245 g/mol. The molecular formula is C17H27N. The van der Waals surface area contributed by atoms with Gasteiger partial charge in [-0.15, -0.1) is 0 Å². The standard InChI is InChI=1S/C17H27N/c1-13(2)11-15-5-7-16(8-6-15)17(9-10-17)12-18-14(3)4/h5-8,13-14,18H,9-12H2,1-4H3. The van der Waals surface area contributed by atoms with Crippen molar-refractivity contribution in [1.29, 1.82) is 0 Å². The summed E-state index contributed by atoms with van der Waals surface area (Å²) in [5, 5.41) is 3.59. The van der Waals surface area contributed by atoms with Gasteiger partial charge < -0.3 is 5.32 Å². The molecule has 1 aliphatic rings. The summed E-state index contributed by atoms with van der Waals surface area (Å²) in [6, 6.07) is 9.94. The molecule has 1 saturated carbocycles. The van der Waals surface area contributed by atoms with Gasteiger partial charge in [-0.25, -0.2) is 0 Å². The van der Waals surface area contributed by atoms with E-state index < -0.39 is 0 Å². The van der Waals surface area contributed by atoms with Crippen LogP contribution in [0.4, 0.5) is 0 Å². The Morgan fingerprint density at radius 2 is 1.67 bits per heavy atom. The Kier molecular flexibility index (Phi) is 4.11. The zero-order valence-electron chi connectivity index (χ0n) is 12.3. The van der Waals surface area contributed by atoms with Gasteiger partial charge in [0.15, 0.2) is 0 Å². The molecule has 18 heavy (non-hydrogen) atoms. The molecule has 1 aromatic carbocycles. The molecule has 1 nitrogen and oxygen atoms in total. The van der Waals surface area contributed by atoms with Crippen LogP contribution in [0.1, 0.15) is 51.7 Å². The average Bonchev–Trinajstić information content (AvgIpc) is 3.08. The van der Waals surface area contributed by atoms with Crippen LogP contribution in [0.5, 0.6) is 0 Å². The molecule has 0 radical (unpaired) electrons. The van der Waals surface area contributed by atoms with Crippen molar-refractivity contribution in [3.63, 3.8) is 0 Å². The van der Waals surface area contributed by atoms with E-state index in [0.717, 1.165) is 12.5 Å². The van der Waals surface area contributed by atoms with Crippen LogP contribution >= 0.6 is 0 Å². The van der Waals surface area contributed by atoms with Crippen molar-refractivity contribution in [2.45, 2.75) is 58.4 Å². The number of hydrogen-bond acceptors (Lipinski definition) is 1. The number of rotatable bonds is 6. The van der Waals surface area contributed by atoms with Crippen LogP contribution in [0.3, 0.4) is 0 Å². The summed E-state index contributed by atoms with van der Waals surface area (Å²) >= 11 is 0. The molecule has 0 spiro atoms. The first-order valence-electron chi connectivity index (χ1n) is 7.35. The third-order valence-corrected chi connectivity index (χ3v) is 3.91. The van der Waals surface area contributed by atoms with Crippen molar-refractivity contribution in [2.75, 3.05) is 6.54 Å². The van der Waals surface area contributed by atoms with Crippen molar-refractivity contribution >= 4 is 0 Å². The highest BCUT2D eigenvalue weighted by Gasteiger charge is 2.43. The molecule has 0 heterocycles. The fraction of sp³-hybridized carbons (Fsp3) is 0.647. The fourth-order valence-electron chi connectivity index (χ4n) is 2.58. The number of hydrogen-bond donors (Lipinski definition) is 1. The minimum atomic E-state index is 0.445. The monoisotopic (exact) mass is 245 g/mol. The Hall–Kier alpha value is -0.820. The molecule has 1 heteroatoms. The zero-order chi connectivity index (χ0) is 13.2. The molecule has 1 aromatic rings. The summed E-state index contributed by atoms with van der Waals surface area (Å²) in [7, 11) is 0. The van der Waals surface area contributed by atoms with Gasteiger partial charge in [0, 0.05) is 18.0 Å². The SMILES string of the molecule is CC(C)Cc1ccc(C2(CNC(C)C)CC2)cc1. The lowest BCUT2D eigenvalue weighted by Gasteiger charge is -2.19. The normalized spacial score (nSPS) is 17.4. The van der Waals surface area contributed by atoms with Gasteiger partial charge in [0.2, 0.25) is 0 Å². The van der Waals surface area contributed by atoms with Gasteiger partial charge in [-0.05, 0) is 36.3 Å². The van der Waals surface area contributed by atoms with E-state index in [1.807, 2.05) is 0 Å². The highest BCUT2D eigenvalue weighted by atomic mass is 14.9. The number of benzene rings is 1. The van der Waals surface area contributed by atoms with E-state index in [2.05, 4.69) is 57.3 Å². The molecule has 0 saturated heterocycles. The maximum Gasteiger partial charge on any atom is 0.00785 e. The smallest absolute Gasteiger partial charge is 0.00785 e. The molecule has 1 fully saturated rings. The van der Waals surface area contributed by atoms with Gasteiger partial charge in [-0.1, -0.05) is 52.0 Å². The topological polar surface area (TPSA) is 12.0 Å². The van der Waals surface area contributed by atoms with E-state index in [1.54, 1.807) is 0 Å². The molecule has 0 unspecified atom stereocenters. The molecule has 0 bridgehead atoms. The quantitative estimate of drug-likeness (QED) is 0.801. The Labute approximate surface area is 112 Å². The molecule has 100 valence electrons. The zero-order valence-corrected chi connectivity index (χ0v) is 12.3. The summed E-state index contributed by atoms with van der Waals surface area (Å²) < 4.78 is 0. The van der Waals surface area contributed by atoms with Crippen LogP contribution in [0, 0.1) is 5.92 Å². The highest BCUT2D eigenvalue weighted by Crippen LogP contribution is 2.47. The summed E-state index contributed by atoms with van der Waals surface area (Å²) in [5.74, 6) is 0.744. The minimum absolute atomic E-state index is 0.445. The van der Waals surface area contributed by atoms with Gasteiger partial charge in [0.25, 0.3) is 0 Å². The number of nitrogens with one attached hydrogen (secondary N) is 1. The van der Waals surface area contributed by atoms with Gasteiger partial charge in [0.05, 0.1) is 0 Å². The first-order chi connectivity index (χ1) is 8.52. The van der Waals surface area contributed by atoms with Gasteiger partial charge in [-0.3, -0.25) is 0 Å². The lowest BCUT2D eigenvalue weighted by Crippen LogP contribution is -2.32. The Morgan fingerprint density at radius 1 is 1.06 bits per heavy atom. The van der Waals surface area contributed by atoms with E-state index in [1.165, 1.54) is 30.4 Å². The predicted octanol–water partition coefficient (Wildman–Crippen LogP) is 3.91. The molecule has 1 N–H and O–H groups in total. The Morgan fingerprint density at radius 3 is 2.11 bits per heavy atom. The second kappa shape index (κ2) is 5.44. The van der Waals surface area contributed by atoms with E-state index in [4.69, 9.17) is 0 Å². The molecule has 0 atom stereocenters. The fourth-order valence-corrected chi connectivity index (χ4v) is 2.58. The first-order valence-corrected chi connectivity index (χ1v) is 7.35. The molecule has 0 aromatic heterocycles. The summed E-state index contributed by atoms with van der Waals surface area (Å²) in [5.41, 5.74) is 3.45. The minimum Gasteiger partial charge on any atom is -0.314 e. The first kappa shape index (κ1) is 13.6. The summed E-state index contributed by atoms with van der Waals surface area (Å²) in [4.78, 5) is 0. The van der Waals surface area contributed by atoms with E-state index in [9.17, 15) is 0 Å². The van der Waals surface area contributed by atoms with Gasteiger partial charge in [0.1, 0.15) is 0 Å². The van der Waals surface area contributed by atoms with Crippen LogP contribution in [-0.4, -0.2) is 12.6 Å². The second-order valence-electron chi connectivity index (χ2n) is 6.61. The Bertz CT molecular complexity index is 371. The predicted molar refractivity (Wildman–Crippen MR) is 79.0 cm³/mol. The molecule has 0 amide bonds. The van der Waals surface area contributed by atoms with E-state index in [0.29, 0.717) is 11.5 Å². The Balaban J connectivity index is 2.00. The van der Waals surface area contributed by atoms with Crippen molar-refractivity contribution in [3.8, 4) is 0 Å². The van der Waals surface area contributed by atoms with Crippen molar-refractivity contribution < 1.29 is 0 Å².